The van der Waals surface area contributed by atoms with E-state index in [0.717, 1.165) is 10.9 Å². The summed E-state index contributed by atoms with van der Waals surface area (Å²) in [5, 5.41) is 0.984. The molecule has 15 heavy (non-hydrogen) atoms. The van der Waals surface area contributed by atoms with Crippen molar-refractivity contribution in [3.63, 3.8) is 0 Å². The molecule has 2 nitrogen and oxygen atoms in total. The number of nitrogens with zero attached hydrogens (tertiary/aromatic N) is 2. The minimum Gasteiger partial charge on any atom is -0.319 e. The van der Waals surface area contributed by atoms with Gasteiger partial charge in [-0.2, -0.15) is 0 Å². The predicted molar refractivity (Wildman–Crippen MR) is 59.9 cm³/mol. The average molecular weight is 202 g/mol. The van der Waals surface area contributed by atoms with Crippen molar-refractivity contribution in [1.29, 1.82) is 0 Å². The van der Waals surface area contributed by atoms with Crippen LogP contribution < -0.4 is 0 Å². The van der Waals surface area contributed by atoms with E-state index < -0.39 is 5.83 Å². The van der Waals surface area contributed by atoms with Crippen LogP contribution >= 0.6 is 0 Å². The van der Waals surface area contributed by atoms with Crippen molar-refractivity contribution in [2.75, 3.05) is 0 Å². The van der Waals surface area contributed by atoms with Crippen LogP contribution in [0.5, 0.6) is 0 Å². The van der Waals surface area contributed by atoms with Gasteiger partial charge in [-0.3, -0.25) is 4.98 Å². The van der Waals surface area contributed by atoms with E-state index in [0.29, 0.717) is 5.70 Å². The van der Waals surface area contributed by atoms with E-state index in [2.05, 4.69) is 11.6 Å². The maximum Gasteiger partial charge on any atom is 0.139 e. The Hall–Kier alpha value is -1.90. The van der Waals surface area contributed by atoms with Gasteiger partial charge in [-0.25, -0.2) is 4.39 Å². The van der Waals surface area contributed by atoms with E-state index in [9.17, 15) is 4.39 Å². The van der Waals surface area contributed by atoms with Crippen molar-refractivity contribution >= 4 is 16.6 Å². The Balaban J connectivity index is 2.58. The van der Waals surface area contributed by atoms with Gasteiger partial charge < -0.3 is 4.57 Å². The molecule has 0 N–H and O–H groups in total. The standard InChI is InChI=1S/C12H11FN2/c1-3-12(9(2)13)15-7-10-5-4-6-14-11(10)8-15/h3-8H,2H2,1H3/b12-3+. The molecule has 2 heterocycles. The molecule has 0 spiro atoms. The molecular formula is C12H11FN2. The second-order valence-corrected chi connectivity index (χ2v) is 3.22. The van der Waals surface area contributed by atoms with Crippen molar-refractivity contribution in [3.05, 3.63) is 49.2 Å². The lowest BCUT2D eigenvalue weighted by Crippen LogP contribution is -1.92. The van der Waals surface area contributed by atoms with Crippen LogP contribution in [0.2, 0.25) is 0 Å². The zero-order valence-electron chi connectivity index (χ0n) is 8.44. The van der Waals surface area contributed by atoms with Gasteiger partial charge in [-0.15, -0.1) is 0 Å². The highest BCUT2D eigenvalue weighted by atomic mass is 19.1. The summed E-state index contributed by atoms with van der Waals surface area (Å²) in [6.07, 6.45) is 7.02. The van der Waals surface area contributed by atoms with E-state index in [-0.39, 0.29) is 0 Å². The van der Waals surface area contributed by atoms with Gasteiger partial charge in [-0.05, 0) is 19.1 Å². The molecule has 0 bridgehead atoms. The molecule has 0 atom stereocenters. The molecule has 0 fully saturated rings. The van der Waals surface area contributed by atoms with Crippen molar-refractivity contribution < 1.29 is 4.39 Å². The topological polar surface area (TPSA) is 17.8 Å². The van der Waals surface area contributed by atoms with Crippen LogP contribution in [0.4, 0.5) is 4.39 Å². The SMILES string of the molecule is C=C(F)/C(=C\C)n1cc2cccnc2c1. The first kappa shape index (κ1) is 9.65. The van der Waals surface area contributed by atoms with Crippen molar-refractivity contribution in [2.45, 2.75) is 6.92 Å². The van der Waals surface area contributed by atoms with Crippen LogP contribution in [0.25, 0.3) is 16.6 Å². The molecule has 0 aliphatic rings. The monoisotopic (exact) mass is 202 g/mol. The number of pyridine rings is 1. The summed E-state index contributed by atoms with van der Waals surface area (Å²) in [5.41, 5.74) is 1.30. The lowest BCUT2D eigenvalue weighted by Gasteiger charge is -2.03. The molecule has 0 aliphatic carbocycles. The van der Waals surface area contributed by atoms with Crippen LogP contribution in [0.3, 0.4) is 0 Å². The zero-order chi connectivity index (χ0) is 10.8. The van der Waals surface area contributed by atoms with Crippen molar-refractivity contribution in [1.82, 2.24) is 9.55 Å². The van der Waals surface area contributed by atoms with Crippen LogP contribution in [-0.2, 0) is 0 Å². The van der Waals surface area contributed by atoms with Gasteiger partial charge in [0.1, 0.15) is 5.83 Å². The maximum absolute atomic E-state index is 13.1. The molecule has 0 radical (unpaired) electrons. The third kappa shape index (κ3) is 1.68. The Morgan fingerprint density at radius 3 is 2.93 bits per heavy atom. The number of halogens is 1. The Bertz CT molecular complexity index is 504. The maximum atomic E-state index is 13.1. The summed E-state index contributed by atoms with van der Waals surface area (Å²) in [7, 11) is 0. The Morgan fingerprint density at radius 1 is 1.53 bits per heavy atom. The molecule has 2 rings (SSSR count). The molecular weight excluding hydrogens is 191 g/mol. The minimum absolute atomic E-state index is 0.446. The van der Waals surface area contributed by atoms with Gasteiger partial charge in [0.2, 0.25) is 0 Å². The molecule has 0 amide bonds. The normalized spacial score (nSPS) is 12.0. The third-order valence-electron chi connectivity index (χ3n) is 2.24. The highest BCUT2D eigenvalue weighted by Crippen LogP contribution is 2.20. The van der Waals surface area contributed by atoms with Crippen molar-refractivity contribution in [3.8, 4) is 0 Å². The number of fused-ring (bicyclic) bond motifs is 1. The molecule has 0 aromatic carbocycles. The first-order chi connectivity index (χ1) is 7.22. The number of allylic oxidation sites excluding steroid dienone is 3. The second kappa shape index (κ2) is 3.69. The Kier molecular flexibility index (Phi) is 2.37. The van der Waals surface area contributed by atoms with Gasteiger partial charge in [0.15, 0.2) is 0 Å². The predicted octanol–water partition coefficient (Wildman–Crippen LogP) is 3.38. The van der Waals surface area contributed by atoms with Gasteiger partial charge in [0, 0.05) is 24.0 Å². The van der Waals surface area contributed by atoms with E-state index in [4.69, 9.17) is 0 Å². The largest absolute Gasteiger partial charge is 0.319 e. The fourth-order valence-electron chi connectivity index (χ4n) is 1.55. The first-order valence-corrected chi connectivity index (χ1v) is 4.66. The van der Waals surface area contributed by atoms with Gasteiger partial charge >= 0.3 is 0 Å². The van der Waals surface area contributed by atoms with Gasteiger partial charge in [0.05, 0.1) is 11.2 Å². The molecule has 0 aliphatic heterocycles. The molecule has 2 aromatic rings. The van der Waals surface area contributed by atoms with Crippen molar-refractivity contribution in [2.24, 2.45) is 0 Å². The first-order valence-electron chi connectivity index (χ1n) is 4.66. The minimum atomic E-state index is -0.446. The Morgan fingerprint density at radius 2 is 2.33 bits per heavy atom. The number of rotatable bonds is 2. The molecule has 0 saturated heterocycles. The summed E-state index contributed by atoms with van der Waals surface area (Å²) in [4.78, 5) is 4.18. The fourth-order valence-corrected chi connectivity index (χ4v) is 1.55. The van der Waals surface area contributed by atoms with E-state index in [1.807, 2.05) is 18.3 Å². The summed E-state index contributed by atoms with van der Waals surface area (Å²) >= 11 is 0. The highest BCUT2D eigenvalue weighted by molar-refractivity contribution is 5.80. The average Bonchev–Trinajstić information content (AvgIpc) is 2.61. The Labute approximate surface area is 87.4 Å². The lowest BCUT2D eigenvalue weighted by atomic mass is 10.3. The van der Waals surface area contributed by atoms with Crippen LogP contribution in [-0.4, -0.2) is 9.55 Å². The summed E-state index contributed by atoms with van der Waals surface area (Å²) in [5.74, 6) is -0.446. The lowest BCUT2D eigenvalue weighted by molar-refractivity contribution is 0.666. The van der Waals surface area contributed by atoms with Crippen LogP contribution in [0, 0.1) is 0 Å². The molecule has 3 heteroatoms. The fraction of sp³-hybridized carbons (Fsp3) is 0.0833. The second-order valence-electron chi connectivity index (χ2n) is 3.22. The van der Waals surface area contributed by atoms with Gasteiger partial charge in [0.25, 0.3) is 0 Å². The molecule has 0 saturated carbocycles. The number of hydrogen-bond acceptors (Lipinski definition) is 1. The highest BCUT2D eigenvalue weighted by Gasteiger charge is 2.05. The summed E-state index contributed by atoms with van der Waals surface area (Å²) in [6, 6.07) is 3.79. The van der Waals surface area contributed by atoms with Crippen LogP contribution in [0.15, 0.2) is 49.2 Å². The van der Waals surface area contributed by atoms with Crippen LogP contribution in [0.1, 0.15) is 6.92 Å². The molecule has 2 aromatic heterocycles. The quantitative estimate of drug-likeness (QED) is 0.682. The van der Waals surface area contributed by atoms with E-state index in [1.165, 1.54) is 0 Å². The number of hydrogen-bond donors (Lipinski definition) is 0. The smallest absolute Gasteiger partial charge is 0.139 e. The zero-order valence-corrected chi connectivity index (χ0v) is 8.44. The van der Waals surface area contributed by atoms with E-state index in [1.54, 1.807) is 30.0 Å². The summed E-state index contributed by atoms with van der Waals surface area (Å²) in [6.45, 7) is 5.07. The third-order valence-corrected chi connectivity index (χ3v) is 2.24. The number of aromatic nitrogens is 2. The molecule has 0 unspecified atom stereocenters. The van der Waals surface area contributed by atoms with E-state index >= 15 is 0 Å². The van der Waals surface area contributed by atoms with Gasteiger partial charge in [-0.1, -0.05) is 12.7 Å². The summed E-state index contributed by atoms with van der Waals surface area (Å²) < 4.78 is 14.8. The molecule has 76 valence electrons.